The number of nitro benzene ring substituents is 1. The van der Waals surface area contributed by atoms with Crippen molar-refractivity contribution in [1.29, 1.82) is 0 Å². The highest BCUT2D eigenvalue weighted by Crippen LogP contribution is 2.27. The molecule has 1 aromatic carbocycles. The van der Waals surface area contributed by atoms with Gasteiger partial charge in [0.1, 0.15) is 0 Å². The van der Waals surface area contributed by atoms with E-state index in [0.717, 1.165) is 5.56 Å². The number of aryl methyl sites for hydroxylation is 1. The molecule has 1 rings (SSSR count). The second-order valence-electron chi connectivity index (χ2n) is 3.37. The van der Waals surface area contributed by atoms with Gasteiger partial charge in [-0.25, -0.2) is 0 Å². The van der Waals surface area contributed by atoms with Gasteiger partial charge in [0.2, 0.25) is 0 Å². The number of hydrogen-bond acceptors (Lipinski definition) is 2. The van der Waals surface area contributed by atoms with Crippen molar-refractivity contribution < 1.29 is 9.31 Å². The molecule has 0 saturated heterocycles. The largest absolute Gasteiger partial charge is 0.272 e. The maximum absolute atomic E-state index is 12.4. The van der Waals surface area contributed by atoms with Crippen molar-refractivity contribution in [3.05, 3.63) is 39.4 Å². The van der Waals surface area contributed by atoms with Crippen LogP contribution >= 0.6 is 0 Å². The Balaban J connectivity index is 3.22. The van der Waals surface area contributed by atoms with Crippen molar-refractivity contribution >= 4 is 5.69 Å². The smallest absolute Gasteiger partial charge is 0.258 e. The molecule has 0 aromatic heterocycles. The first-order valence-corrected chi connectivity index (χ1v) is 4.37. The van der Waals surface area contributed by atoms with Crippen molar-refractivity contribution in [2.24, 2.45) is 0 Å². The van der Waals surface area contributed by atoms with Gasteiger partial charge in [-0.3, -0.25) is 14.5 Å². The molecule has 1 unspecified atom stereocenters. The summed E-state index contributed by atoms with van der Waals surface area (Å²) >= 11 is 0. The lowest BCUT2D eigenvalue weighted by Crippen LogP contribution is -2.01. The van der Waals surface area contributed by atoms with Gasteiger partial charge in [0, 0.05) is 17.5 Å². The van der Waals surface area contributed by atoms with Gasteiger partial charge in [0.25, 0.3) is 5.69 Å². The Morgan fingerprint density at radius 3 is 2.71 bits per heavy atom. The minimum Gasteiger partial charge on any atom is -0.258 e. The summed E-state index contributed by atoms with van der Waals surface area (Å²) < 4.78 is 12.4. The summed E-state index contributed by atoms with van der Waals surface area (Å²) in [4.78, 5) is 10.2. The molecule has 0 N–H and O–H groups in total. The second kappa shape index (κ2) is 4.17. The molecule has 1 aromatic rings. The molecular weight excluding hydrogens is 185 g/mol. The highest BCUT2D eigenvalue weighted by Gasteiger charge is 2.18. The molecule has 4 heteroatoms. The maximum atomic E-state index is 12.4. The van der Waals surface area contributed by atoms with Gasteiger partial charge in [-0.15, -0.1) is 0 Å². The first kappa shape index (κ1) is 10.6. The Morgan fingerprint density at radius 1 is 1.57 bits per heavy atom. The summed E-state index contributed by atoms with van der Waals surface area (Å²) in [6.45, 7) is 2.89. The number of nitro groups is 1. The van der Waals surface area contributed by atoms with Crippen LogP contribution in [0.5, 0.6) is 0 Å². The molecule has 14 heavy (non-hydrogen) atoms. The highest BCUT2D eigenvalue weighted by molar-refractivity contribution is 5.44. The van der Waals surface area contributed by atoms with E-state index in [1.54, 1.807) is 19.1 Å². The van der Waals surface area contributed by atoms with Crippen LogP contribution in [0.4, 0.5) is 10.1 Å². The van der Waals surface area contributed by atoms with E-state index in [0.29, 0.717) is 5.56 Å². The third-order valence-electron chi connectivity index (χ3n) is 2.14. The topological polar surface area (TPSA) is 43.1 Å². The Bertz CT molecular complexity index is 352. The average Bonchev–Trinajstić information content (AvgIpc) is 2.16. The van der Waals surface area contributed by atoms with Gasteiger partial charge in [-0.05, 0) is 13.0 Å². The molecular formula is C10H12FNO2. The fourth-order valence-electron chi connectivity index (χ4n) is 1.32. The monoisotopic (exact) mass is 197 g/mol. The minimum absolute atomic E-state index is 0.000694. The number of halogens is 1. The summed E-state index contributed by atoms with van der Waals surface area (Å²) in [5.41, 5.74) is 1.38. The molecule has 0 fully saturated rings. The summed E-state index contributed by atoms with van der Waals surface area (Å²) in [5, 5.41) is 10.6. The molecule has 0 radical (unpaired) electrons. The van der Waals surface area contributed by atoms with Crippen molar-refractivity contribution in [2.75, 3.05) is 6.67 Å². The number of alkyl halides is 1. The molecule has 0 aliphatic heterocycles. The average molecular weight is 197 g/mol. The number of hydrogen-bond donors (Lipinski definition) is 0. The van der Waals surface area contributed by atoms with Gasteiger partial charge >= 0.3 is 0 Å². The van der Waals surface area contributed by atoms with E-state index in [1.807, 2.05) is 6.92 Å². The third kappa shape index (κ3) is 2.07. The fraction of sp³-hybridized carbons (Fsp3) is 0.400. The van der Waals surface area contributed by atoms with E-state index in [9.17, 15) is 14.5 Å². The van der Waals surface area contributed by atoms with E-state index in [1.165, 1.54) is 6.07 Å². The Kier molecular flexibility index (Phi) is 3.17. The zero-order chi connectivity index (χ0) is 10.7. The molecule has 0 amide bonds. The molecule has 0 heterocycles. The molecule has 0 saturated carbocycles. The molecule has 3 nitrogen and oxygen atoms in total. The molecule has 76 valence electrons. The quantitative estimate of drug-likeness (QED) is 0.552. The third-order valence-corrected chi connectivity index (χ3v) is 2.14. The van der Waals surface area contributed by atoms with Crippen molar-refractivity contribution in [1.82, 2.24) is 0 Å². The van der Waals surface area contributed by atoms with Gasteiger partial charge in [0.05, 0.1) is 11.6 Å². The normalized spacial score (nSPS) is 12.5. The summed E-state index contributed by atoms with van der Waals surface area (Å²) in [5.74, 6) is -0.421. The van der Waals surface area contributed by atoms with Crippen LogP contribution in [0.1, 0.15) is 24.0 Å². The minimum atomic E-state index is -0.579. The van der Waals surface area contributed by atoms with E-state index in [-0.39, 0.29) is 5.69 Å². The summed E-state index contributed by atoms with van der Waals surface area (Å²) in [7, 11) is 0. The van der Waals surface area contributed by atoms with Crippen LogP contribution in [0, 0.1) is 17.0 Å². The lowest BCUT2D eigenvalue weighted by molar-refractivity contribution is -0.385. The van der Waals surface area contributed by atoms with Gasteiger partial charge in [-0.1, -0.05) is 18.6 Å². The lowest BCUT2D eigenvalue weighted by Gasteiger charge is -2.08. The Labute approximate surface area is 81.7 Å². The zero-order valence-corrected chi connectivity index (χ0v) is 8.16. The van der Waals surface area contributed by atoms with Crippen LogP contribution < -0.4 is 0 Å². The fourth-order valence-corrected chi connectivity index (χ4v) is 1.32. The van der Waals surface area contributed by atoms with Crippen LogP contribution in [0.2, 0.25) is 0 Å². The zero-order valence-electron chi connectivity index (χ0n) is 8.16. The Hall–Kier alpha value is -1.45. The van der Waals surface area contributed by atoms with Crippen LogP contribution in [0.25, 0.3) is 0 Å². The number of benzene rings is 1. The predicted octanol–water partition coefficient (Wildman–Crippen LogP) is 2.98. The summed E-state index contributed by atoms with van der Waals surface area (Å²) in [6.07, 6.45) is 0. The van der Waals surface area contributed by atoms with Crippen LogP contribution in [-0.2, 0) is 0 Å². The van der Waals surface area contributed by atoms with Gasteiger partial charge in [-0.2, -0.15) is 0 Å². The van der Waals surface area contributed by atoms with E-state index < -0.39 is 17.5 Å². The SMILES string of the molecule is Cc1ccc([N+](=O)[O-])c(C(C)CF)c1. The van der Waals surface area contributed by atoms with Crippen LogP contribution in [-0.4, -0.2) is 11.6 Å². The summed E-state index contributed by atoms with van der Waals surface area (Å²) in [6, 6.07) is 4.76. The Morgan fingerprint density at radius 2 is 2.21 bits per heavy atom. The number of rotatable bonds is 3. The van der Waals surface area contributed by atoms with Crippen molar-refractivity contribution in [3.63, 3.8) is 0 Å². The van der Waals surface area contributed by atoms with Crippen LogP contribution in [0.15, 0.2) is 18.2 Å². The molecule has 1 atom stereocenters. The molecule has 0 aliphatic carbocycles. The van der Waals surface area contributed by atoms with Crippen molar-refractivity contribution in [2.45, 2.75) is 19.8 Å². The first-order chi connectivity index (χ1) is 6.56. The van der Waals surface area contributed by atoms with Crippen molar-refractivity contribution in [3.8, 4) is 0 Å². The molecule has 0 bridgehead atoms. The van der Waals surface area contributed by atoms with Crippen LogP contribution in [0.3, 0.4) is 0 Å². The lowest BCUT2D eigenvalue weighted by atomic mass is 9.98. The van der Waals surface area contributed by atoms with E-state index >= 15 is 0 Å². The first-order valence-electron chi connectivity index (χ1n) is 4.37. The van der Waals surface area contributed by atoms with Gasteiger partial charge < -0.3 is 0 Å². The standard InChI is InChI=1S/C10H12FNO2/c1-7-3-4-10(12(13)14)9(5-7)8(2)6-11/h3-5,8H,6H2,1-2H3. The number of nitrogens with zero attached hydrogens (tertiary/aromatic N) is 1. The highest BCUT2D eigenvalue weighted by atomic mass is 19.1. The molecule has 0 aliphatic rings. The maximum Gasteiger partial charge on any atom is 0.272 e. The van der Waals surface area contributed by atoms with E-state index in [4.69, 9.17) is 0 Å². The predicted molar refractivity (Wildman–Crippen MR) is 52.2 cm³/mol. The van der Waals surface area contributed by atoms with Gasteiger partial charge in [0.15, 0.2) is 0 Å². The molecule has 0 spiro atoms. The second-order valence-corrected chi connectivity index (χ2v) is 3.37. The van der Waals surface area contributed by atoms with E-state index in [2.05, 4.69) is 0 Å².